The highest BCUT2D eigenvalue weighted by Crippen LogP contribution is 2.22. The van der Waals surface area contributed by atoms with Gasteiger partial charge in [-0.2, -0.15) is 4.68 Å². The normalized spacial score (nSPS) is 15.9. The first-order chi connectivity index (χ1) is 15.5. The van der Waals surface area contributed by atoms with Gasteiger partial charge in [-0.3, -0.25) is 9.59 Å². The zero-order valence-corrected chi connectivity index (χ0v) is 18.6. The van der Waals surface area contributed by atoms with Gasteiger partial charge in [0, 0.05) is 30.7 Å². The van der Waals surface area contributed by atoms with Crippen LogP contribution in [0.1, 0.15) is 18.4 Å². The average molecular weight is 453 g/mol. The summed E-state index contributed by atoms with van der Waals surface area (Å²) in [4.78, 5) is 27.2. The van der Waals surface area contributed by atoms with E-state index in [1.807, 2.05) is 24.3 Å². The molecule has 166 valence electrons. The number of nitrogens with one attached hydrogen (secondary N) is 1. The fourth-order valence-corrected chi connectivity index (χ4v) is 4.02. The number of amides is 1. The SMILES string of the molecule is COc1ccc(CNC(=O)C2CCCN(c3ccc(=O)n(-c4cccc(Cl)c4)n3)C2)cc1. The second-order valence-electron chi connectivity index (χ2n) is 7.77. The standard InChI is InChI=1S/C24H25ClN4O3/c1-32-21-9-7-17(8-10-21)15-26-24(31)18-4-3-13-28(16-18)22-11-12-23(30)29(27-22)20-6-2-5-19(25)14-20/h2,5-12,14,18H,3-4,13,15-16H2,1H3,(H,26,31). The maximum atomic E-state index is 12.8. The Bertz CT molecular complexity index is 1150. The van der Waals surface area contributed by atoms with Gasteiger partial charge in [0.05, 0.1) is 18.7 Å². The number of hydrogen-bond acceptors (Lipinski definition) is 5. The van der Waals surface area contributed by atoms with Crippen molar-refractivity contribution in [2.24, 2.45) is 5.92 Å². The van der Waals surface area contributed by atoms with E-state index in [0.29, 0.717) is 29.6 Å². The molecule has 1 unspecified atom stereocenters. The van der Waals surface area contributed by atoms with E-state index in [0.717, 1.165) is 30.7 Å². The fraction of sp³-hybridized carbons (Fsp3) is 0.292. The second kappa shape index (κ2) is 9.87. The summed E-state index contributed by atoms with van der Waals surface area (Å²) in [5.74, 6) is 1.33. The Balaban J connectivity index is 1.43. The third-order valence-corrected chi connectivity index (χ3v) is 5.82. The van der Waals surface area contributed by atoms with Crippen LogP contribution in [0.3, 0.4) is 0 Å². The molecule has 1 saturated heterocycles. The number of ether oxygens (including phenoxy) is 1. The molecular weight excluding hydrogens is 428 g/mol. The highest BCUT2D eigenvalue weighted by Gasteiger charge is 2.26. The Morgan fingerprint density at radius 2 is 2.00 bits per heavy atom. The number of benzene rings is 2. The highest BCUT2D eigenvalue weighted by molar-refractivity contribution is 6.30. The van der Waals surface area contributed by atoms with E-state index < -0.39 is 0 Å². The van der Waals surface area contributed by atoms with Gasteiger partial charge < -0.3 is 15.0 Å². The second-order valence-corrected chi connectivity index (χ2v) is 8.21. The fourth-order valence-electron chi connectivity index (χ4n) is 3.84. The minimum Gasteiger partial charge on any atom is -0.497 e. The molecule has 0 spiro atoms. The van der Waals surface area contributed by atoms with Crippen LogP contribution in [0.25, 0.3) is 5.69 Å². The zero-order chi connectivity index (χ0) is 22.5. The largest absolute Gasteiger partial charge is 0.497 e. The van der Waals surface area contributed by atoms with Crippen LogP contribution in [-0.4, -0.2) is 35.9 Å². The number of aromatic nitrogens is 2. The first-order valence-electron chi connectivity index (χ1n) is 10.6. The molecule has 32 heavy (non-hydrogen) atoms. The molecule has 3 aromatic rings. The van der Waals surface area contributed by atoms with Crippen molar-refractivity contribution in [1.29, 1.82) is 0 Å². The lowest BCUT2D eigenvalue weighted by molar-refractivity contribution is -0.125. The van der Waals surface area contributed by atoms with Crippen molar-refractivity contribution in [2.75, 3.05) is 25.1 Å². The number of anilines is 1. The molecule has 1 N–H and O–H groups in total. The smallest absolute Gasteiger partial charge is 0.271 e. The van der Waals surface area contributed by atoms with Crippen LogP contribution in [-0.2, 0) is 11.3 Å². The number of carbonyl (C=O) groups is 1. The molecule has 0 bridgehead atoms. The van der Waals surface area contributed by atoms with Crippen molar-refractivity contribution < 1.29 is 9.53 Å². The molecular formula is C24H25ClN4O3. The van der Waals surface area contributed by atoms with Crippen LogP contribution in [0.2, 0.25) is 5.02 Å². The molecule has 0 saturated carbocycles. The first kappa shape index (κ1) is 21.9. The van der Waals surface area contributed by atoms with Crippen LogP contribution in [0.5, 0.6) is 5.75 Å². The highest BCUT2D eigenvalue weighted by atomic mass is 35.5. The van der Waals surface area contributed by atoms with E-state index in [2.05, 4.69) is 15.3 Å². The van der Waals surface area contributed by atoms with E-state index >= 15 is 0 Å². The lowest BCUT2D eigenvalue weighted by Gasteiger charge is -2.33. The van der Waals surface area contributed by atoms with Gasteiger partial charge in [0.1, 0.15) is 11.6 Å². The molecule has 1 aromatic heterocycles. The lowest BCUT2D eigenvalue weighted by Crippen LogP contribution is -2.43. The Hall–Kier alpha value is -3.32. The predicted molar refractivity (Wildman–Crippen MR) is 125 cm³/mol. The molecule has 1 aliphatic rings. The van der Waals surface area contributed by atoms with Crippen LogP contribution < -0.4 is 20.5 Å². The van der Waals surface area contributed by atoms with E-state index in [-0.39, 0.29) is 17.4 Å². The molecule has 2 heterocycles. The average Bonchev–Trinajstić information content (AvgIpc) is 2.83. The maximum absolute atomic E-state index is 12.8. The summed E-state index contributed by atoms with van der Waals surface area (Å²) in [7, 11) is 1.63. The Labute approximate surface area is 191 Å². The summed E-state index contributed by atoms with van der Waals surface area (Å²) in [5.41, 5.74) is 1.39. The molecule has 1 atom stereocenters. The van der Waals surface area contributed by atoms with Crippen LogP contribution >= 0.6 is 11.6 Å². The van der Waals surface area contributed by atoms with Gasteiger partial charge in [-0.05, 0) is 54.8 Å². The van der Waals surface area contributed by atoms with Crippen LogP contribution in [0.15, 0.2) is 65.5 Å². The van der Waals surface area contributed by atoms with Gasteiger partial charge in [0.15, 0.2) is 0 Å². The molecule has 1 amide bonds. The van der Waals surface area contributed by atoms with Gasteiger partial charge in [0.2, 0.25) is 5.91 Å². The minimum absolute atomic E-state index is 0.0219. The number of rotatable bonds is 6. The summed E-state index contributed by atoms with van der Waals surface area (Å²) in [6.45, 7) is 1.80. The lowest BCUT2D eigenvalue weighted by atomic mass is 9.97. The van der Waals surface area contributed by atoms with E-state index in [1.165, 1.54) is 10.7 Å². The van der Waals surface area contributed by atoms with Gasteiger partial charge >= 0.3 is 0 Å². The molecule has 0 aliphatic carbocycles. The number of carbonyl (C=O) groups excluding carboxylic acids is 1. The number of methoxy groups -OCH3 is 1. The van der Waals surface area contributed by atoms with Crippen molar-refractivity contribution in [3.8, 4) is 11.4 Å². The van der Waals surface area contributed by atoms with E-state index in [4.69, 9.17) is 16.3 Å². The van der Waals surface area contributed by atoms with Crippen LogP contribution in [0.4, 0.5) is 5.82 Å². The monoisotopic (exact) mass is 452 g/mol. The zero-order valence-electron chi connectivity index (χ0n) is 17.8. The molecule has 1 fully saturated rings. The number of piperidine rings is 1. The topological polar surface area (TPSA) is 76.5 Å². The molecule has 2 aromatic carbocycles. The van der Waals surface area contributed by atoms with E-state index in [9.17, 15) is 9.59 Å². The van der Waals surface area contributed by atoms with Crippen molar-refractivity contribution in [1.82, 2.24) is 15.1 Å². The van der Waals surface area contributed by atoms with Crippen molar-refractivity contribution in [2.45, 2.75) is 19.4 Å². The van der Waals surface area contributed by atoms with E-state index in [1.54, 1.807) is 37.4 Å². The van der Waals surface area contributed by atoms with Crippen molar-refractivity contribution >= 4 is 23.3 Å². The summed E-state index contributed by atoms with van der Waals surface area (Å²) in [6, 6.07) is 17.9. The third-order valence-electron chi connectivity index (χ3n) is 5.58. The molecule has 1 aliphatic heterocycles. The Morgan fingerprint density at radius 1 is 1.19 bits per heavy atom. The summed E-state index contributed by atoms with van der Waals surface area (Å²) >= 11 is 6.07. The molecule has 4 rings (SSSR count). The minimum atomic E-state index is -0.234. The molecule has 8 heteroatoms. The van der Waals surface area contributed by atoms with Gasteiger partial charge in [-0.1, -0.05) is 29.8 Å². The summed E-state index contributed by atoms with van der Waals surface area (Å²) in [6.07, 6.45) is 1.69. The van der Waals surface area contributed by atoms with Crippen molar-refractivity contribution in [3.63, 3.8) is 0 Å². The van der Waals surface area contributed by atoms with Crippen LogP contribution in [0, 0.1) is 5.92 Å². The summed E-state index contributed by atoms with van der Waals surface area (Å²) in [5, 5.41) is 8.11. The summed E-state index contributed by atoms with van der Waals surface area (Å²) < 4.78 is 6.51. The Morgan fingerprint density at radius 3 is 2.75 bits per heavy atom. The van der Waals surface area contributed by atoms with Gasteiger partial charge in [-0.15, -0.1) is 5.10 Å². The number of nitrogens with zero attached hydrogens (tertiary/aromatic N) is 3. The van der Waals surface area contributed by atoms with Crippen molar-refractivity contribution in [3.05, 3.63) is 81.6 Å². The Kier molecular flexibility index (Phi) is 6.75. The molecule has 7 nitrogen and oxygen atoms in total. The maximum Gasteiger partial charge on any atom is 0.271 e. The first-order valence-corrected chi connectivity index (χ1v) is 10.9. The van der Waals surface area contributed by atoms with Gasteiger partial charge in [0.25, 0.3) is 5.56 Å². The number of hydrogen-bond donors (Lipinski definition) is 1. The molecule has 0 radical (unpaired) electrons. The third kappa shape index (κ3) is 5.11. The predicted octanol–water partition coefficient (Wildman–Crippen LogP) is 3.43. The number of halogens is 1. The van der Waals surface area contributed by atoms with Gasteiger partial charge in [-0.25, -0.2) is 0 Å². The quantitative estimate of drug-likeness (QED) is 0.620.